The molecule has 0 radical (unpaired) electrons. The predicted octanol–water partition coefficient (Wildman–Crippen LogP) is 1.94. The van der Waals surface area contributed by atoms with E-state index in [-0.39, 0.29) is 5.82 Å². The number of rotatable bonds is 1. The van der Waals surface area contributed by atoms with Crippen molar-refractivity contribution in [1.82, 2.24) is 4.90 Å². The lowest BCUT2D eigenvalue weighted by atomic mass is 10.1. The zero-order chi connectivity index (χ0) is 12.6. The van der Waals surface area contributed by atoms with Crippen molar-refractivity contribution in [1.29, 1.82) is 0 Å². The summed E-state index contributed by atoms with van der Waals surface area (Å²) in [4.78, 5) is 4.51. The molecule has 2 atom stereocenters. The molecule has 1 aromatic carbocycles. The third kappa shape index (κ3) is 2.36. The fourth-order valence-electron chi connectivity index (χ4n) is 2.39. The molecule has 1 heterocycles. The van der Waals surface area contributed by atoms with Gasteiger partial charge in [0.15, 0.2) is 0 Å². The van der Waals surface area contributed by atoms with Gasteiger partial charge in [0.2, 0.25) is 0 Å². The van der Waals surface area contributed by atoms with Gasteiger partial charge in [-0.2, -0.15) is 0 Å². The van der Waals surface area contributed by atoms with Crippen LogP contribution in [0.3, 0.4) is 0 Å². The number of benzene rings is 1. The number of nitrogens with two attached hydrogens (primary N) is 1. The molecule has 1 aliphatic heterocycles. The van der Waals surface area contributed by atoms with Crippen molar-refractivity contribution >= 4 is 11.4 Å². The number of anilines is 2. The number of nitrogen functional groups attached to an aromatic ring is 1. The van der Waals surface area contributed by atoms with Gasteiger partial charge in [0.05, 0.1) is 11.4 Å². The lowest BCUT2D eigenvalue weighted by Crippen LogP contribution is -2.55. The minimum absolute atomic E-state index is 0.228. The second-order valence-corrected chi connectivity index (χ2v) is 4.97. The molecular formula is C13H20FN3. The topological polar surface area (TPSA) is 32.5 Å². The van der Waals surface area contributed by atoms with Gasteiger partial charge >= 0.3 is 0 Å². The minimum atomic E-state index is -0.228. The van der Waals surface area contributed by atoms with Crippen LogP contribution in [0.1, 0.15) is 13.8 Å². The van der Waals surface area contributed by atoms with Gasteiger partial charge in [-0.05, 0) is 39.1 Å². The van der Waals surface area contributed by atoms with Gasteiger partial charge in [-0.3, -0.25) is 4.90 Å². The molecule has 17 heavy (non-hydrogen) atoms. The van der Waals surface area contributed by atoms with Crippen LogP contribution in [0.15, 0.2) is 18.2 Å². The fraction of sp³-hybridized carbons (Fsp3) is 0.538. The van der Waals surface area contributed by atoms with Crippen LogP contribution in [0, 0.1) is 5.82 Å². The van der Waals surface area contributed by atoms with Crippen LogP contribution in [0.2, 0.25) is 0 Å². The SMILES string of the molecule is C[C@@H]1CN(c2cc(F)ccc2N)C[C@@H](C)N1C. The largest absolute Gasteiger partial charge is 0.397 e. The molecule has 1 saturated heterocycles. The Morgan fingerprint density at radius 1 is 1.24 bits per heavy atom. The Morgan fingerprint density at radius 2 is 1.82 bits per heavy atom. The summed E-state index contributed by atoms with van der Waals surface area (Å²) in [5.41, 5.74) is 7.39. The van der Waals surface area contributed by atoms with E-state index in [1.165, 1.54) is 12.1 Å². The molecule has 4 heteroatoms. The van der Waals surface area contributed by atoms with E-state index < -0.39 is 0 Å². The molecule has 2 N–H and O–H groups in total. The molecule has 2 rings (SSSR count). The average Bonchev–Trinajstić information content (AvgIpc) is 2.28. The smallest absolute Gasteiger partial charge is 0.125 e. The third-order valence-corrected chi connectivity index (χ3v) is 3.69. The van der Waals surface area contributed by atoms with Crippen LogP contribution in [-0.4, -0.2) is 37.1 Å². The molecular weight excluding hydrogens is 217 g/mol. The van der Waals surface area contributed by atoms with Crippen LogP contribution in [-0.2, 0) is 0 Å². The number of hydrogen-bond acceptors (Lipinski definition) is 3. The lowest BCUT2D eigenvalue weighted by molar-refractivity contribution is 0.170. The summed E-state index contributed by atoms with van der Waals surface area (Å²) in [6.07, 6.45) is 0. The summed E-state index contributed by atoms with van der Waals surface area (Å²) in [6.45, 7) is 6.12. The molecule has 1 aromatic rings. The lowest BCUT2D eigenvalue weighted by Gasteiger charge is -2.43. The van der Waals surface area contributed by atoms with E-state index in [1.807, 2.05) is 0 Å². The zero-order valence-corrected chi connectivity index (χ0v) is 10.7. The van der Waals surface area contributed by atoms with E-state index in [9.17, 15) is 4.39 Å². The Labute approximate surface area is 102 Å². The minimum Gasteiger partial charge on any atom is -0.397 e. The van der Waals surface area contributed by atoms with E-state index in [1.54, 1.807) is 6.07 Å². The monoisotopic (exact) mass is 237 g/mol. The maximum Gasteiger partial charge on any atom is 0.125 e. The quantitative estimate of drug-likeness (QED) is 0.758. The molecule has 94 valence electrons. The van der Waals surface area contributed by atoms with Crippen LogP contribution in [0.4, 0.5) is 15.8 Å². The van der Waals surface area contributed by atoms with Crippen LogP contribution in [0.25, 0.3) is 0 Å². The van der Waals surface area contributed by atoms with Gasteiger partial charge in [0.1, 0.15) is 5.82 Å². The summed E-state index contributed by atoms with van der Waals surface area (Å²) < 4.78 is 13.3. The summed E-state index contributed by atoms with van der Waals surface area (Å²) in [5.74, 6) is -0.228. The number of halogens is 1. The van der Waals surface area contributed by atoms with E-state index in [0.29, 0.717) is 17.8 Å². The van der Waals surface area contributed by atoms with Crippen molar-refractivity contribution in [2.45, 2.75) is 25.9 Å². The maximum absolute atomic E-state index is 13.3. The fourth-order valence-corrected chi connectivity index (χ4v) is 2.39. The molecule has 0 aromatic heterocycles. The Kier molecular flexibility index (Phi) is 3.24. The molecule has 3 nitrogen and oxygen atoms in total. The number of piperazine rings is 1. The molecule has 0 aliphatic carbocycles. The van der Waals surface area contributed by atoms with Crippen molar-refractivity contribution in [2.24, 2.45) is 0 Å². The van der Waals surface area contributed by atoms with Crippen LogP contribution in [0.5, 0.6) is 0 Å². The second-order valence-electron chi connectivity index (χ2n) is 4.97. The first-order chi connectivity index (χ1) is 7.99. The summed E-state index contributed by atoms with van der Waals surface area (Å²) in [6, 6.07) is 5.46. The summed E-state index contributed by atoms with van der Waals surface area (Å²) >= 11 is 0. The van der Waals surface area contributed by atoms with Crippen LogP contribution >= 0.6 is 0 Å². The van der Waals surface area contributed by atoms with Crippen molar-refractivity contribution in [3.8, 4) is 0 Å². The highest BCUT2D eigenvalue weighted by molar-refractivity contribution is 5.67. The number of hydrogen-bond donors (Lipinski definition) is 1. The molecule has 1 aliphatic rings. The molecule has 0 bridgehead atoms. The third-order valence-electron chi connectivity index (χ3n) is 3.69. The molecule has 1 fully saturated rings. The normalized spacial score (nSPS) is 26.2. The number of likely N-dealkylation sites (N-methyl/N-ethyl adjacent to an activating group) is 1. The highest BCUT2D eigenvalue weighted by atomic mass is 19.1. The molecule has 0 unspecified atom stereocenters. The first-order valence-corrected chi connectivity index (χ1v) is 6.01. The highest BCUT2D eigenvalue weighted by Crippen LogP contribution is 2.27. The van der Waals surface area contributed by atoms with Gasteiger partial charge in [0.25, 0.3) is 0 Å². The van der Waals surface area contributed by atoms with E-state index in [0.717, 1.165) is 18.8 Å². The summed E-state index contributed by atoms with van der Waals surface area (Å²) in [7, 11) is 2.13. The average molecular weight is 237 g/mol. The Bertz CT molecular complexity index is 396. The van der Waals surface area contributed by atoms with Gasteiger partial charge in [-0.15, -0.1) is 0 Å². The molecule has 0 saturated carbocycles. The van der Waals surface area contributed by atoms with Gasteiger partial charge in [-0.25, -0.2) is 4.39 Å². The Morgan fingerprint density at radius 3 is 2.41 bits per heavy atom. The van der Waals surface area contributed by atoms with E-state index in [2.05, 4.69) is 30.7 Å². The standard InChI is InChI=1S/C13H20FN3/c1-9-7-17(8-10(2)16(9)3)13-6-11(14)4-5-12(13)15/h4-6,9-10H,7-8,15H2,1-3H3/t9-,10-/m1/s1. The van der Waals surface area contributed by atoms with Gasteiger partial charge < -0.3 is 10.6 Å². The molecule has 0 amide bonds. The van der Waals surface area contributed by atoms with Crippen molar-refractivity contribution < 1.29 is 4.39 Å². The van der Waals surface area contributed by atoms with Gasteiger partial charge in [0, 0.05) is 25.2 Å². The van der Waals surface area contributed by atoms with Crippen molar-refractivity contribution in [2.75, 3.05) is 30.8 Å². The van der Waals surface area contributed by atoms with Crippen molar-refractivity contribution in [3.63, 3.8) is 0 Å². The zero-order valence-electron chi connectivity index (χ0n) is 10.7. The predicted molar refractivity (Wildman–Crippen MR) is 69.7 cm³/mol. The first-order valence-electron chi connectivity index (χ1n) is 6.01. The Balaban J connectivity index is 2.25. The van der Waals surface area contributed by atoms with E-state index in [4.69, 9.17) is 5.73 Å². The number of nitrogens with zero attached hydrogens (tertiary/aromatic N) is 2. The first kappa shape index (κ1) is 12.2. The Hall–Kier alpha value is -1.29. The maximum atomic E-state index is 13.3. The van der Waals surface area contributed by atoms with Crippen molar-refractivity contribution in [3.05, 3.63) is 24.0 Å². The summed E-state index contributed by atoms with van der Waals surface area (Å²) in [5, 5.41) is 0. The second kappa shape index (κ2) is 4.53. The molecule has 0 spiro atoms. The van der Waals surface area contributed by atoms with Crippen LogP contribution < -0.4 is 10.6 Å². The van der Waals surface area contributed by atoms with Gasteiger partial charge in [-0.1, -0.05) is 0 Å². The highest BCUT2D eigenvalue weighted by Gasteiger charge is 2.27. The van der Waals surface area contributed by atoms with E-state index >= 15 is 0 Å².